The van der Waals surface area contributed by atoms with Crippen molar-refractivity contribution < 1.29 is 4.42 Å². The van der Waals surface area contributed by atoms with Gasteiger partial charge in [0.25, 0.3) is 0 Å². The molecule has 1 saturated heterocycles. The van der Waals surface area contributed by atoms with Crippen molar-refractivity contribution in [2.24, 2.45) is 5.41 Å². The molecule has 3 nitrogen and oxygen atoms in total. The summed E-state index contributed by atoms with van der Waals surface area (Å²) in [5.41, 5.74) is 1.69. The smallest absolute Gasteiger partial charge is 0.0947 e. The Morgan fingerprint density at radius 3 is 3.12 bits per heavy atom. The molecule has 0 radical (unpaired) electrons. The van der Waals surface area contributed by atoms with Crippen LogP contribution in [0.3, 0.4) is 0 Å². The fourth-order valence-electron chi connectivity index (χ4n) is 2.47. The molecule has 1 unspecified atom stereocenters. The van der Waals surface area contributed by atoms with E-state index in [2.05, 4.69) is 17.6 Å². The van der Waals surface area contributed by atoms with Crippen LogP contribution >= 0.6 is 0 Å². The van der Waals surface area contributed by atoms with Gasteiger partial charge in [-0.1, -0.05) is 6.92 Å². The van der Waals surface area contributed by atoms with Crippen molar-refractivity contribution in [1.29, 1.82) is 0 Å². The zero-order chi connectivity index (χ0) is 11.3. The summed E-state index contributed by atoms with van der Waals surface area (Å²) in [5.74, 6) is 0. The summed E-state index contributed by atoms with van der Waals surface area (Å²) in [6.45, 7) is 6.65. The van der Waals surface area contributed by atoms with E-state index in [0.717, 1.165) is 19.6 Å². The standard InChI is InChI=1S/C13H22N2O/c1-2-13(5-3-6-14-10-13)11-15-8-12-4-7-16-9-12/h4,7,9,14-15H,2-3,5-6,8,10-11H2,1H3. The predicted octanol–water partition coefficient (Wildman–Crippen LogP) is 2.15. The third-order valence-electron chi connectivity index (χ3n) is 3.72. The van der Waals surface area contributed by atoms with Gasteiger partial charge in [-0.15, -0.1) is 0 Å². The summed E-state index contributed by atoms with van der Waals surface area (Å²) in [7, 11) is 0. The molecule has 1 aliphatic heterocycles. The molecule has 0 spiro atoms. The van der Waals surface area contributed by atoms with Crippen molar-refractivity contribution >= 4 is 0 Å². The topological polar surface area (TPSA) is 37.2 Å². The molecule has 90 valence electrons. The van der Waals surface area contributed by atoms with Crippen molar-refractivity contribution in [2.75, 3.05) is 19.6 Å². The Hall–Kier alpha value is -0.800. The molecule has 1 fully saturated rings. The molecule has 1 aliphatic rings. The lowest BCUT2D eigenvalue weighted by Gasteiger charge is -2.37. The molecule has 2 rings (SSSR count). The van der Waals surface area contributed by atoms with E-state index in [1.807, 2.05) is 12.3 Å². The van der Waals surface area contributed by atoms with Crippen LogP contribution < -0.4 is 10.6 Å². The molecule has 0 saturated carbocycles. The third-order valence-corrected chi connectivity index (χ3v) is 3.72. The van der Waals surface area contributed by atoms with Crippen LogP contribution in [0.5, 0.6) is 0 Å². The Morgan fingerprint density at radius 1 is 1.56 bits per heavy atom. The minimum absolute atomic E-state index is 0.460. The van der Waals surface area contributed by atoms with Crippen molar-refractivity contribution in [3.05, 3.63) is 24.2 Å². The third kappa shape index (κ3) is 2.86. The molecule has 0 aliphatic carbocycles. The monoisotopic (exact) mass is 222 g/mol. The highest BCUT2D eigenvalue weighted by Gasteiger charge is 2.29. The fraction of sp³-hybridized carbons (Fsp3) is 0.692. The lowest BCUT2D eigenvalue weighted by molar-refractivity contribution is 0.192. The second-order valence-corrected chi connectivity index (χ2v) is 4.87. The van der Waals surface area contributed by atoms with E-state index >= 15 is 0 Å². The lowest BCUT2D eigenvalue weighted by atomic mass is 9.78. The summed E-state index contributed by atoms with van der Waals surface area (Å²) in [5, 5.41) is 7.06. The molecule has 1 aromatic heterocycles. The highest BCUT2D eigenvalue weighted by Crippen LogP contribution is 2.29. The summed E-state index contributed by atoms with van der Waals surface area (Å²) in [6.07, 6.45) is 7.44. The first-order valence-corrected chi connectivity index (χ1v) is 6.27. The highest BCUT2D eigenvalue weighted by atomic mass is 16.3. The Kier molecular flexibility index (Phi) is 4.02. The quantitative estimate of drug-likeness (QED) is 0.801. The maximum atomic E-state index is 5.06. The lowest BCUT2D eigenvalue weighted by Crippen LogP contribution is -2.45. The van der Waals surface area contributed by atoms with E-state index in [1.54, 1.807) is 6.26 Å². The second-order valence-electron chi connectivity index (χ2n) is 4.87. The average Bonchev–Trinajstić information content (AvgIpc) is 2.83. The summed E-state index contributed by atoms with van der Waals surface area (Å²) >= 11 is 0. The van der Waals surface area contributed by atoms with Crippen LogP contribution in [0.2, 0.25) is 0 Å². The van der Waals surface area contributed by atoms with E-state index in [0.29, 0.717) is 5.41 Å². The first-order valence-electron chi connectivity index (χ1n) is 6.27. The van der Waals surface area contributed by atoms with E-state index < -0.39 is 0 Å². The van der Waals surface area contributed by atoms with E-state index in [1.165, 1.54) is 31.4 Å². The Morgan fingerprint density at radius 2 is 2.50 bits per heavy atom. The van der Waals surface area contributed by atoms with E-state index in [9.17, 15) is 0 Å². The molecule has 0 aromatic carbocycles. The van der Waals surface area contributed by atoms with E-state index in [4.69, 9.17) is 4.42 Å². The number of hydrogen-bond acceptors (Lipinski definition) is 3. The molecule has 0 bridgehead atoms. The van der Waals surface area contributed by atoms with Crippen LogP contribution in [0.4, 0.5) is 0 Å². The first-order chi connectivity index (χ1) is 7.85. The average molecular weight is 222 g/mol. The van der Waals surface area contributed by atoms with Crippen LogP contribution in [0, 0.1) is 5.41 Å². The maximum absolute atomic E-state index is 5.06. The van der Waals surface area contributed by atoms with Gasteiger partial charge in [0.2, 0.25) is 0 Å². The number of rotatable bonds is 5. The fourth-order valence-corrected chi connectivity index (χ4v) is 2.47. The SMILES string of the molecule is CCC1(CNCc2ccoc2)CCCNC1. The Balaban J connectivity index is 1.78. The predicted molar refractivity (Wildman–Crippen MR) is 65.2 cm³/mol. The van der Waals surface area contributed by atoms with Crippen molar-refractivity contribution in [3.63, 3.8) is 0 Å². The number of hydrogen-bond donors (Lipinski definition) is 2. The highest BCUT2D eigenvalue weighted by molar-refractivity contribution is 5.04. The molecular weight excluding hydrogens is 200 g/mol. The van der Waals surface area contributed by atoms with Crippen LogP contribution in [0.1, 0.15) is 31.7 Å². The van der Waals surface area contributed by atoms with Gasteiger partial charge in [0.15, 0.2) is 0 Å². The zero-order valence-corrected chi connectivity index (χ0v) is 10.1. The molecule has 1 atom stereocenters. The molecule has 1 aromatic rings. The van der Waals surface area contributed by atoms with Crippen LogP contribution in [-0.2, 0) is 6.54 Å². The molecule has 16 heavy (non-hydrogen) atoms. The summed E-state index contributed by atoms with van der Waals surface area (Å²) < 4.78 is 5.06. The van der Waals surface area contributed by atoms with Gasteiger partial charge in [-0.25, -0.2) is 0 Å². The molecule has 2 heterocycles. The summed E-state index contributed by atoms with van der Waals surface area (Å²) in [6, 6.07) is 2.02. The first kappa shape index (κ1) is 11.7. The second kappa shape index (κ2) is 5.51. The van der Waals surface area contributed by atoms with Gasteiger partial charge in [-0.3, -0.25) is 0 Å². The van der Waals surface area contributed by atoms with Crippen LogP contribution in [0.25, 0.3) is 0 Å². The Bertz CT molecular complexity index is 289. The zero-order valence-electron chi connectivity index (χ0n) is 10.1. The molecule has 0 amide bonds. The van der Waals surface area contributed by atoms with E-state index in [-0.39, 0.29) is 0 Å². The van der Waals surface area contributed by atoms with Gasteiger partial charge in [0, 0.05) is 25.2 Å². The minimum atomic E-state index is 0.460. The molecular formula is C13H22N2O. The minimum Gasteiger partial charge on any atom is -0.472 e. The Labute approximate surface area is 97.6 Å². The van der Waals surface area contributed by atoms with Crippen molar-refractivity contribution in [2.45, 2.75) is 32.7 Å². The molecule has 3 heteroatoms. The maximum Gasteiger partial charge on any atom is 0.0947 e. The van der Waals surface area contributed by atoms with Crippen LogP contribution in [0.15, 0.2) is 23.0 Å². The largest absolute Gasteiger partial charge is 0.472 e. The summed E-state index contributed by atoms with van der Waals surface area (Å²) in [4.78, 5) is 0. The molecule has 2 N–H and O–H groups in total. The van der Waals surface area contributed by atoms with Crippen molar-refractivity contribution in [1.82, 2.24) is 10.6 Å². The number of nitrogens with one attached hydrogen (secondary N) is 2. The number of piperidine rings is 1. The van der Waals surface area contributed by atoms with Gasteiger partial charge in [0.1, 0.15) is 0 Å². The van der Waals surface area contributed by atoms with Crippen molar-refractivity contribution in [3.8, 4) is 0 Å². The van der Waals surface area contributed by atoms with Gasteiger partial charge in [0.05, 0.1) is 12.5 Å². The van der Waals surface area contributed by atoms with Gasteiger partial charge in [-0.05, 0) is 37.3 Å². The normalized spacial score (nSPS) is 25.8. The van der Waals surface area contributed by atoms with Gasteiger partial charge >= 0.3 is 0 Å². The van der Waals surface area contributed by atoms with Gasteiger partial charge < -0.3 is 15.1 Å². The number of furan rings is 1. The van der Waals surface area contributed by atoms with Gasteiger partial charge in [-0.2, -0.15) is 0 Å². The van der Waals surface area contributed by atoms with Crippen LogP contribution in [-0.4, -0.2) is 19.6 Å².